The van der Waals surface area contributed by atoms with E-state index in [-0.39, 0.29) is 72.7 Å². The van der Waals surface area contributed by atoms with E-state index in [1.54, 1.807) is 51.5 Å². The molecule has 0 spiro atoms. The Hall–Kier alpha value is -5.85. The van der Waals surface area contributed by atoms with Crippen molar-refractivity contribution >= 4 is 6.09 Å². The topological polar surface area (TPSA) is 208 Å². The van der Waals surface area contributed by atoms with Crippen molar-refractivity contribution in [1.82, 2.24) is 54.6 Å². The van der Waals surface area contributed by atoms with Gasteiger partial charge in [-0.1, -0.05) is 52.0 Å². The van der Waals surface area contributed by atoms with Crippen LogP contribution in [0.1, 0.15) is 67.8 Å². The summed E-state index contributed by atoms with van der Waals surface area (Å²) in [6.45, 7) is 10.6. The lowest BCUT2D eigenvalue weighted by Crippen LogP contribution is -2.54. The SMILES string of the molecule is CC(C)c1c(OCC2CN(C(=O)OCc3ccc(C4COCC(COc5nc(-n6ccnc6)[nH]c(=O)c5C(C)C)N4)cc3)CCN2)nc(-n2ccnc2)[nH]c1=O. The Morgan fingerprint density at radius 3 is 1.98 bits per heavy atom. The first kappa shape index (κ1) is 38.4. The Morgan fingerprint density at radius 2 is 1.43 bits per heavy atom. The molecule has 2 aliphatic rings. The molecule has 4 N–H and O–H groups in total. The van der Waals surface area contributed by atoms with Crippen LogP contribution in [-0.4, -0.2) is 108 Å². The summed E-state index contributed by atoms with van der Waals surface area (Å²) in [5.74, 6) is 0.952. The first-order chi connectivity index (χ1) is 27.1. The van der Waals surface area contributed by atoms with Gasteiger partial charge >= 0.3 is 6.09 Å². The Bertz CT molecular complexity index is 2180. The second-order valence-corrected chi connectivity index (χ2v) is 14.4. The van der Waals surface area contributed by atoms with Gasteiger partial charge in [0.2, 0.25) is 23.7 Å². The third-order valence-corrected chi connectivity index (χ3v) is 9.61. The van der Waals surface area contributed by atoms with Crippen LogP contribution in [0.15, 0.2) is 71.3 Å². The highest BCUT2D eigenvalue weighted by molar-refractivity contribution is 5.67. The number of carbonyl (C=O) groups excluding carboxylic acids is 1. The van der Waals surface area contributed by atoms with Crippen LogP contribution in [-0.2, 0) is 16.1 Å². The number of nitrogens with zero attached hydrogens (tertiary/aromatic N) is 7. The summed E-state index contributed by atoms with van der Waals surface area (Å²) < 4.78 is 27.1. The monoisotopic (exact) mass is 769 g/mol. The van der Waals surface area contributed by atoms with Crippen LogP contribution in [0.25, 0.3) is 11.9 Å². The molecule has 2 aliphatic heterocycles. The van der Waals surface area contributed by atoms with Gasteiger partial charge in [-0.25, -0.2) is 14.8 Å². The molecule has 0 bridgehead atoms. The maximum absolute atomic E-state index is 13.1. The number of imidazole rings is 2. The van der Waals surface area contributed by atoms with Gasteiger partial charge < -0.3 is 29.2 Å². The van der Waals surface area contributed by atoms with Crippen molar-refractivity contribution in [3.05, 3.63) is 105 Å². The van der Waals surface area contributed by atoms with Gasteiger partial charge in [0.25, 0.3) is 11.1 Å². The van der Waals surface area contributed by atoms with E-state index in [4.69, 9.17) is 18.9 Å². The number of H-pyrrole nitrogens is 2. The van der Waals surface area contributed by atoms with Gasteiger partial charge in [-0.2, -0.15) is 9.97 Å². The molecule has 6 heterocycles. The molecule has 1 aromatic carbocycles. The Balaban J connectivity index is 0.902. The summed E-state index contributed by atoms with van der Waals surface area (Å²) in [5.41, 5.74) is 2.26. The summed E-state index contributed by atoms with van der Waals surface area (Å²) in [7, 11) is 0. The van der Waals surface area contributed by atoms with Gasteiger partial charge in [0.05, 0.1) is 42.5 Å². The number of aromatic nitrogens is 8. The molecule has 0 aliphatic carbocycles. The van der Waals surface area contributed by atoms with Crippen LogP contribution in [0.2, 0.25) is 0 Å². The number of morpholine rings is 1. The number of benzene rings is 1. The van der Waals surface area contributed by atoms with Gasteiger partial charge in [-0.05, 0) is 23.0 Å². The molecule has 0 radical (unpaired) electrons. The third-order valence-electron chi connectivity index (χ3n) is 9.61. The minimum atomic E-state index is -0.419. The molecule has 3 unspecified atom stereocenters. The summed E-state index contributed by atoms with van der Waals surface area (Å²) >= 11 is 0. The summed E-state index contributed by atoms with van der Waals surface area (Å²) in [6, 6.07) is 7.41. The average molecular weight is 770 g/mol. The average Bonchev–Trinajstić information content (AvgIpc) is 3.94. The minimum Gasteiger partial charge on any atom is -0.476 e. The zero-order chi connectivity index (χ0) is 39.2. The first-order valence-corrected chi connectivity index (χ1v) is 18.7. The number of rotatable bonds is 13. The van der Waals surface area contributed by atoms with Crippen LogP contribution in [0.5, 0.6) is 11.8 Å². The molecule has 5 aromatic rings. The van der Waals surface area contributed by atoms with Crippen LogP contribution in [0.3, 0.4) is 0 Å². The van der Waals surface area contributed by atoms with E-state index in [0.717, 1.165) is 11.1 Å². The van der Waals surface area contributed by atoms with Gasteiger partial charge in [0.15, 0.2) is 0 Å². The summed E-state index contributed by atoms with van der Waals surface area (Å²) in [6.07, 6.45) is 9.28. The predicted octanol–water partition coefficient (Wildman–Crippen LogP) is 2.57. The number of amides is 1. The fourth-order valence-corrected chi connectivity index (χ4v) is 6.69. The van der Waals surface area contributed by atoms with E-state index < -0.39 is 6.09 Å². The van der Waals surface area contributed by atoms with Crippen LogP contribution in [0, 0.1) is 0 Å². The predicted molar refractivity (Wildman–Crippen MR) is 204 cm³/mol. The fraction of sp³-hybridized carbons (Fsp3) is 0.447. The molecule has 18 heteroatoms. The molecule has 2 fully saturated rings. The highest BCUT2D eigenvalue weighted by atomic mass is 16.6. The molecular weight excluding hydrogens is 722 g/mol. The molecule has 4 aromatic heterocycles. The maximum Gasteiger partial charge on any atom is 0.410 e. The molecular formula is C38H47N11O7. The molecule has 3 atom stereocenters. The molecule has 0 saturated carbocycles. The highest BCUT2D eigenvalue weighted by Crippen LogP contribution is 2.24. The molecule has 296 valence electrons. The number of aromatic amines is 2. The summed E-state index contributed by atoms with van der Waals surface area (Å²) in [5, 5.41) is 6.97. The second kappa shape index (κ2) is 17.3. The Labute approximate surface area is 322 Å². The van der Waals surface area contributed by atoms with E-state index in [2.05, 4.69) is 40.5 Å². The van der Waals surface area contributed by atoms with Crippen LogP contribution < -0.4 is 31.2 Å². The highest BCUT2D eigenvalue weighted by Gasteiger charge is 2.28. The first-order valence-electron chi connectivity index (χ1n) is 18.7. The Kier molecular flexibility index (Phi) is 11.9. The van der Waals surface area contributed by atoms with Gasteiger partial charge in [0, 0.05) is 44.4 Å². The minimum absolute atomic E-state index is 0.0919. The van der Waals surface area contributed by atoms with Crippen molar-refractivity contribution in [2.45, 2.75) is 64.3 Å². The zero-order valence-electron chi connectivity index (χ0n) is 31.8. The van der Waals surface area contributed by atoms with E-state index in [1.165, 1.54) is 0 Å². The zero-order valence-corrected chi connectivity index (χ0v) is 31.8. The van der Waals surface area contributed by atoms with E-state index in [0.29, 0.717) is 55.9 Å². The molecule has 7 rings (SSSR count). The summed E-state index contributed by atoms with van der Waals surface area (Å²) in [4.78, 5) is 63.4. The lowest BCUT2D eigenvalue weighted by atomic mass is 10.0. The lowest BCUT2D eigenvalue weighted by Gasteiger charge is -2.33. The van der Waals surface area contributed by atoms with Crippen LogP contribution in [0.4, 0.5) is 4.79 Å². The molecule has 56 heavy (non-hydrogen) atoms. The largest absolute Gasteiger partial charge is 0.476 e. The molecule has 1 amide bonds. The standard InChI is InChI=1S/C38H47N11O7/c1-23(2)30-32(50)43-36(48-12-9-39-21-48)45-34(30)54-18-27-15-47(14-11-41-27)38(52)56-16-25-5-7-26(8-6-25)29-20-53-17-28(42-29)19-55-35-31(24(3)4)33(51)44-37(46-35)49-13-10-40-22-49/h5-10,12-13,21-24,27-29,41-42H,11,14-20H2,1-4H3,(H,43,45,50)(H,44,46,51). The van der Waals surface area contributed by atoms with Gasteiger partial charge in [0.1, 0.15) is 32.5 Å². The quantitative estimate of drug-likeness (QED) is 0.136. The normalized spacial score (nSPS) is 18.7. The molecule has 18 nitrogen and oxygen atoms in total. The number of ether oxygens (including phenoxy) is 4. The Morgan fingerprint density at radius 1 is 0.839 bits per heavy atom. The molecule has 2 saturated heterocycles. The third kappa shape index (κ3) is 8.98. The number of nitrogens with one attached hydrogen (secondary N) is 4. The van der Waals surface area contributed by atoms with Crippen molar-refractivity contribution in [2.24, 2.45) is 0 Å². The van der Waals surface area contributed by atoms with E-state index in [1.807, 2.05) is 52.0 Å². The number of hydrogen-bond acceptors (Lipinski definition) is 13. The number of piperazine rings is 1. The van der Waals surface area contributed by atoms with Crippen molar-refractivity contribution in [3.8, 4) is 23.7 Å². The smallest absolute Gasteiger partial charge is 0.410 e. The lowest BCUT2D eigenvalue weighted by molar-refractivity contribution is 0.0294. The fourth-order valence-electron chi connectivity index (χ4n) is 6.69. The van der Waals surface area contributed by atoms with Crippen molar-refractivity contribution in [1.29, 1.82) is 0 Å². The number of hydrogen-bond donors (Lipinski definition) is 4. The second-order valence-electron chi connectivity index (χ2n) is 14.4. The van der Waals surface area contributed by atoms with Gasteiger partial charge in [-0.15, -0.1) is 0 Å². The van der Waals surface area contributed by atoms with Crippen molar-refractivity contribution in [3.63, 3.8) is 0 Å². The number of carbonyl (C=O) groups is 1. The van der Waals surface area contributed by atoms with E-state index in [9.17, 15) is 14.4 Å². The van der Waals surface area contributed by atoms with Crippen molar-refractivity contribution in [2.75, 3.05) is 46.1 Å². The van der Waals surface area contributed by atoms with Crippen molar-refractivity contribution < 1.29 is 23.7 Å². The van der Waals surface area contributed by atoms with Crippen LogP contribution >= 0.6 is 0 Å². The van der Waals surface area contributed by atoms with Gasteiger partial charge in [-0.3, -0.25) is 34.0 Å². The maximum atomic E-state index is 13.1. The van der Waals surface area contributed by atoms with E-state index >= 15 is 0 Å².